The first-order chi connectivity index (χ1) is 9.11. The molecule has 0 aliphatic carbocycles. The smallest absolute Gasteiger partial charge is 0.148 e. The van der Waals surface area contributed by atoms with Crippen molar-refractivity contribution in [3.05, 3.63) is 33.2 Å². The van der Waals surface area contributed by atoms with Crippen LogP contribution in [0.25, 0.3) is 10.6 Å². The van der Waals surface area contributed by atoms with E-state index in [-0.39, 0.29) is 6.04 Å². The summed E-state index contributed by atoms with van der Waals surface area (Å²) >= 11 is 5.15. The van der Waals surface area contributed by atoms with Gasteiger partial charge in [-0.1, -0.05) is 40.3 Å². The molecule has 102 valence electrons. The molecule has 0 saturated heterocycles. The number of hydrogen-bond donors (Lipinski definition) is 1. The standard InChI is InChI=1S/C14H18BrN3S/c1-4-7-16-10(3)13-17-18-14(19-13)12-6-5-11(15)8-9(12)2/h5-6,8,10,16H,4,7H2,1-3H3. The number of aryl methyl sites for hydroxylation is 1. The molecule has 0 spiro atoms. The first-order valence-corrected chi connectivity index (χ1v) is 8.06. The molecule has 1 N–H and O–H groups in total. The number of nitrogens with one attached hydrogen (secondary N) is 1. The molecule has 2 rings (SSSR count). The highest BCUT2D eigenvalue weighted by atomic mass is 79.9. The molecule has 0 fully saturated rings. The van der Waals surface area contributed by atoms with Crippen molar-refractivity contribution in [3.8, 4) is 10.6 Å². The zero-order chi connectivity index (χ0) is 13.8. The molecular formula is C14H18BrN3S. The molecule has 0 aliphatic heterocycles. The first kappa shape index (κ1) is 14.6. The minimum Gasteiger partial charge on any atom is -0.308 e. The highest BCUT2D eigenvalue weighted by Gasteiger charge is 2.13. The zero-order valence-corrected chi connectivity index (χ0v) is 13.8. The summed E-state index contributed by atoms with van der Waals surface area (Å²) in [7, 11) is 0. The summed E-state index contributed by atoms with van der Waals surface area (Å²) in [6.07, 6.45) is 1.13. The predicted octanol–water partition coefficient (Wildman–Crippen LogP) is 4.34. The summed E-state index contributed by atoms with van der Waals surface area (Å²) in [5.74, 6) is 0. The Labute approximate surface area is 126 Å². The van der Waals surface area contributed by atoms with Crippen LogP contribution < -0.4 is 5.32 Å². The molecule has 19 heavy (non-hydrogen) atoms. The van der Waals surface area contributed by atoms with Crippen molar-refractivity contribution in [2.75, 3.05) is 6.54 Å². The van der Waals surface area contributed by atoms with Gasteiger partial charge in [-0.15, -0.1) is 10.2 Å². The summed E-state index contributed by atoms with van der Waals surface area (Å²) in [6, 6.07) is 6.51. The van der Waals surface area contributed by atoms with E-state index in [4.69, 9.17) is 0 Å². The van der Waals surface area contributed by atoms with Crippen molar-refractivity contribution in [1.29, 1.82) is 0 Å². The van der Waals surface area contributed by atoms with Crippen LogP contribution >= 0.6 is 27.3 Å². The highest BCUT2D eigenvalue weighted by Crippen LogP contribution is 2.30. The Hall–Kier alpha value is -0.780. The SMILES string of the molecule is CCCNC(C)c1nnc(-c2ccc(Br)cc2C)s1. The molecule has 1 atom stereocenters. The molecule has 5 heteroatoms. The summed E-state index contributed by atoms with van der Waals surface area (Å²) in [6.45, 7) is 7.40. The monoisotopic (exact) mass is 339 g/mol. The summed E-state index contributed by atoms with van der Waals surface area (Å²) < 4.78 is 1.09. The Kier molecular flexibility index (Phi) is 5.07. The van der Waals surface area contributed by atoms with E-state index in [0.29, 0.717) is 0 Å². The maximum Gasteiger partial charge on any atom is 0.148 e. The molecule has 1 heterocycles. The molecule has 1 aromatic carbocycles. The van der Waals surface area contributed by atoms with Crippen molar-refractivity contribution < 1.29 is 0 Å². The Morgan fingerprint density at radius 2 is 2.16 bits per heavy atom. The van der Waals surface area contributed by atoms with Gasteiger partial charge in [0.25, 0.3) is 0 Å². The zero-order valence-electron chi connectivity index (χ0n) is 11.4. The topological polar surface area (TPSA) is 37.8 Å². The van der Waals surface area contributed by atoms with Gasteiger partial charge in [0.1, 0.15) is 10.0 Å². The van der Waals surface area contributed by atoms with Gasteiger partial charge in [0.05, 0.1) is 6.04 Å². The average Bonchev–Trinajstić information content (AvgIpc) is 2.85. The first-order valence-electron chi connectivity index (χ1n) is 6.45. The minimum atomic E-state index is 0.266. The van der Waals surface area contributed by atoms with Crippen LogP contribution in [0.2, 0.25) is 0 Å². The molecule has 0 radical (unpaired) electrons. The maximum absolute atomic E-state index is 4.32. The second kappa shape index (κ2) is 6.59. The molecular weight excluding hydrogens is 322 g/mol. The lowest BCUT2D eigenvalue weighted by atomic mass is 10.1. The maximum atomic E-state index is 4.32. The highest BCUT2D eigenvalue weighted by molar-refractivity contribution is 9.10. The Bertz CT molecular complexity index is 553. The second-order valence-corrected chi connectivity index (χ2v) is 6.51. The Balaban J connectivity index is 2.20. The van der Waals surface area contributed by atoms with Crippen LogP contribution in [0.5, 0.6) is 0 Å². The van der Waals surface area contributed by atoms with Crippen molar-refractivity contribution in [2.24, 2.45) is 0 Å². The van der Waals surface area contributed by atoms with Gasteiger partial charge in [0, 0.05) is 10.0 Å². The largest absolute Gasteiger partial charge is 0.308 e. The minimum absolute atomic E-state index is 0.266. The Morgan fingerprint density at radius 3 is 2.84 bits per heavy atom. The molecule has 0 amide bonds. The van der Waals surface area contributed by atoms with Gasteiger partial charge in [0.15, 0.2) is 0 Å². The normalized spacial score (nSPS) is 12.6. The van der Waals surface area contributed by atoms with E-state index in [9.17, 15) is 0 Å². The van der Waals surface area contributed by atoms with Crippen molar-refractivity contribution >= 4 is 27.3 Å². The van der Waals surface area contributed by atoms with Crippen LogP contribution in [-0.2, 0) is 0 Å². The number of nitrogens with zero attached hydrogens (tertiary/aromatic N) is 2. The second-order valence-electron chi connectivity index (χ2n) is 4.58. The van der Waals surface area contributed by atoms with Crippen LogP contribution in [0, 0.1) is 6.92 Å². The van der Waals surface area contributed by atoms with Crippen molar-refractivity contribution in [2.45, 2.75) is 33.2 Å². The third-order valence-electron chi connectivity index (χ3n) is 2.93. The van der Waals surface area contributed by atoms with Gasteiger partial charge in [-0.05, 0) is 44.5 Å². The fourth-order valence-corrected chi connectivity index (χ4v) is 3.27. The number of benzene rings is 1. The molecule has 0 saturated carbocycles. The molecule has 1 aromatic heterocycles. The fourth-order valence-electron chi connectivity index (χ4n) is 1.83. The lowest BCUT2D eigenvalue weighted by Crippen LogP contribution is -2.18. The average molecular weight is 340 g/mol. The van der Waals surface area contributed by atoms with E-state index in [2.05, 4.69) is 64.3 Å². The molecule has 3 nitrogen and oxygen atoms in total. The fraction of sp³-hybridized carbons (Fsp3) is 0.429. The predicted molar refractivity (Wildman–Crippen MR) is 84.5 cm³/mol. The number of rotatable bonds is 5. The van der Waals surface area contributed by atoms with E-state index in [1.54, 1.807) is 11.3 Å². The number of aromatic nitrogens is 2. The van der Waals surface area contributed by atoms with Gasteiger partial charge in [-0.25, -0.2) is 0 Å². The van der Waals surface area contributed by atoms with E-state index in [0.717, 1.165) is 33.0 Å². The molecule has 0 bridgehead atoms. The van der Waals surface area contributed by atoms with Gasteiger partial charge in [-0.3, -0.25) is 0 Å². The van der Waals surface area contributed by atoms with Gasteiger partial charge in [0.2, 0.25) is 0 Å². The summed E-state index contributed by atoms with van der Waals surface area (Å²) in [4.78, 5) is 0. The Morgan fingerprint density at radius 1 is 1.37 bits per heavy atom. The van der Waals surface area contributed by atoms with Crippen LogP contribution in [0.3, 0.4) is 0 Å². The molecule has 0 aliphatic rings. The lowest BCUT2D eigenvalue weighted by molar-refractivity contribution is 0.564. The van der Waals surface area contributed by atoms with Gasteiger partial charge >= 0.3 is 0 Å². The van der Waals surface area contributed by atoms with E-state index in [1.807, 2.05) is 6.07 Å². The van der Waals surface area contributed by atoms with Crippen LogP contribution in [-0.4, -0.2) is 16.7 Å². The third-order valence-corrected chi connectivity index (χ3v) is 4.56. The lowest BCUT2D eigenvalue weighted by Gasteiger charge is -2.08. The van der Waals surface area contributed by atoms with Crippen molar-refractivity contribution in [1.82, 2.24) is 15.5 Å². The third kappa shape index (κ3) is 3.61. The van der Waals surface area contributed by atoms with E-state index in [1.165, 1.54) is 5.56 Å². The number of hydrogen-bond acceptors (Lipinski definition) is 4. The van der Waals surface area contributed by atoms with Crippen LogP contribution in [0.4, 0.5) is 0 Å². The molecule has 1 unspecified atom stereocenters. The van der Waals surface area contributed by atoms with Gasteiger partial charge in [-0.2, -0.15) is 0 Å². The van der Waals surface area contributed by atoms with E-state index >= 15 is 0 Å². The van der Waals surface area contributed by atoms with Crippen LogP contribution in [0.1, 0.15) is 36.9 Å². The summed E-state index contributed by atoms with van der Waals surface area (Å²) in [5.41, 5.74) is 2.38. The van der Waals surface area contributed by atoms with Gasteiger partial charge < -0.3 is 5.32 Å². The quantitative estimate of drug-likeness (QED) is 0.880. The number of halogens is 1. The summed E-state index contributed by atoms with van der Waals surface area (Å²) in [5, 5.41) is 14.1. The van der Waals surface area contributed by atoms with Crippen molar-refractivity contribution in [3.63, 3.8) is 0 Å². The van der Waals surface area contributed by atoms with Crippen LogP contribution in [0.15, 0.2) is 22.7 Å². The van der Waals surface area contributed by atoms with E-state index < -0.39 is 0 Å². The molecule has 2 aromatic rings.